The average Bonchev–Trinajstić information content (AvgIpc) is 2.64. The van der Waals surface area contributed by atoms with Crippen LogP contribution in [0.2, 0.25) is 0 Å². The lowest BCUT2D eigenvalue weighted by Crippen LogP contribution is -2.26. The van der Waals surface area contributed by atoms with Crippen LogP contribution >= 0.6 is 0 Å². The van der Waals surface area contributed by atoms with E-state index in [1.54, 1.807) is 0 Å². The number of halogens is 3. The van der Waals surface area contributed by atoms with Gasteiger partial charge in [0.05, 0.1) is 0 Å². The van der Waals surface area contributed by atoms with E-state index in [-0.39, 0.29) is 5.56 Å². The molecular formula is C21H30F3N. The van der Waals surface area contributed by atoms with E-state index < -0.39 is 17.7 Å². The predicted molar refractivity (Wildman–Crippen MR) is 93.6 cm³/mol. The van der Waals surface area contributed by atoms with Gasteiger partial charge in [0.25, 0.3) is 5.95 Å². The molecule has 0 aliphatic heterocycles. The lowest BCUT2D eigenvalue weighted by atomic mass is 9.68. The summed E-state index contributed by atoms with van der Waals surface area (Å²) in [6.45, 7) is 2.31. The summed E-state index contributed by atoms with van der Waals surface area (Å²) in [5.41, 5.74) is 0.207. The predicted octanol–water partition coefficient (Wildman–Crippen LogP) is 6.45. The van der Waals surface area contributed by atoms with Crippen molar-refractivity contribution in [1.29, 1.82) is 0 Å². The lowest BCUT2D eigenvalue weighted by Gasteiger charge is -2.37. The second-order valence-electron chi connectivity index (χ2n) is 8.22. The highest BCUT2D eigenvalue weighted by atomic mass is 19.2. The molecule has 4 heteroatoms. The number of aryl methyl sites for hydroxylation is 1. The summed E-state index contributed by atoms with van der Waals surface area (Å²) in [4.78, 5) is 3.01. The van der Waals surface area contributed by atoms with Crippen LogP contribution in [0.1, 0.15) is 76.7 Å². The molecule has 0 aromatic carbocycles. The standard InChI is InChI=1S/C21H30F3N/c1-2-14-3-8-16(9-4-14)17-10-5-15(6-11-17)7-12-18-13-19(22)21(24)25-20(18)23/h13-17H,2-12H2,1H3/t14-,15?,16-,17?. The number of aromatic nitrogens is 1. The topological polar surface area (TPSA) is 12.9 Å². The zero-order valence-corrected chi connectivity index (χ0v) is 15.2. The number of hydrogen-bond acceptors (Lipinski definition) is 1. The van der Waals surface area contributed by atoms with Gasteiger partial charge >= 0.3 is 0 Å². The summed E-state index contributed by atoms with van der Waals surface area (Å²) in [6, 6.07) is 0.968. The van der Waals surface area contributed by atoms with Gasteiger partial charge in [-0.05, 0) is 68.3 Å². The van der Waals surface area contributed by atoms with Crippen LogP contribution in [0.4, 0.5) is 13.2 Å². The third-order valence-corrected chi connectivity index (χ3v) is 6.81. The van der Waals surface area contributed by atoms with Crippen molar-refractivity contribution in [1.82, 2.24) is 4.98 Å². The van der Waals surface area contributed by atoms with E-state index in [1.165, 1.54) is 57.8 Å². The van der Waals surface area contributed by atoms with Crippen molar-refractivity contribution in [2.45, 2.75) is 77.6 Å². The van der Waals surface area contributed by atoms with Crippen LogP contribution in [0.25, 0.3) is 0 Å². The van der Waals surface area contributed by atoms with Crippen LogP contribution in [-0.4, -0.2) is 4.98 Å². The molecule has 1 heterocycles. The smallest absolute Gasteiger partial charge is 0.202 e. The van der Waals surface area contributed by atoms with Crippen molar-refractivity contribution < 1.29 is 13.2 Å². The van der Waals surface area contributed by atoms with Gasteiger partial charge in [-0.25, -0.2) is 4.39 Å². The van der Waals surface area contributed by atoms with E-state index in [0.29, 0.717) is 12.3 Å². The second-order valence-corrected chi connectivity index (χ2v) is 8.22. The highest BCUT2D eigenvalue weighted by Gasteiger charge is 2.30. The van der Waals surface area contributed by atoms with Gasteiger partial charge in [0.15, 0.2) is 5.82 Å². The number of nitrogens with zero attached hydrogens (tertiary/aromatic N) is 1. The molecule has 1 nitrogen and oxygen atoms in total. The third kappa shape index (κ3) is 4.77. The molecule has 140 valence electrons. The Morgan fingerprint density at radius 2 is 1.40 bits per heavy atom. The van der Waals surface area contributed by atoms with Gasteiger partial charge in [0.1, 0.15) is 0 Å². The Hall–Kier alpha value is -1.06. The van der Waals surface area contributed by atoms with E-state index in [4.69, 9.17) is 0 Å². The first-order chi connectivity index (χ1) is 12.1. The molecule has 0 unspecified atom stereocenters. The molecule has 0 saturated heterocycles. The quantitative estimate of drug-likeness (QED) is 0.554. The number of rotatable bonds is 5. The number of hydrogen-bond donors (Lipinski definition) is 0. The van der Waals surface area contributed by atoms with E-state index in [1.807, 2.05) is 0 Å². The highest BCUT2D eigenvalue weighted by Crippen LogP contribution is 2.42. The van der Waals surface area contributed by atoms with Gasteiger partial charge in [0.2, 0.25) is 5.95 Å². The molecule has 0 radical (unpaired) electrons. The van der Waals surface area contributed by atoms with Crippen LogP contribution < -0.4 is 0 Å². The Labute approximate surface area is 149 Å². The Morgan fingerprint density at radius 1 is 0.840 bits per heavy atom. The zero-order chi connectivity index (χ0) is 17.8. The summed E-state index contributed by atoms with van der Waals surface area (Å²) >= 11 is 0. The SMILES string of the molecule is CC[C@H]1CC[C@H](C2CCC(CCc3cc(F)c(F)nc3F)CC2)CC1. The number of pyridine rings is 1. The summed E-state index contributed by atoms with van der Waals surface area (Å²) in [5.74, 6) is 0.0536. The average molecular weight is 353 g/mol. The molecule has 2 saturated carbocycles. The fourth-order valence-corrected chi connectivity index (χ4v) is 5.03. The fraction of sp³-hybridized carbons (Fsp3) is 0.762. The maximum atomic E-state index is 13.6. The van der Waals surface area contributed by atoms with E-state index in [9.17, 15) is 13.2 Å². The summed E-state index contributed by atoms with van der Waals surface area (Å²) < 4.78 is 39.8. The molecule has 25 heavy (non-hydrogen) atoms. The van der Waals surface area contributed by atoms with Crippen molar-refractivity contribution >= 4 is 0 Å². The van der Waals surface area contributed by atoms with Crippen LogP contribution in [0.5, 0.6) is 0 Å². The van der Waals surface area contributed by atoms with Crippen molar-refractivity contribution in [3.8, 4) is 0 Å². The molecule has 0 N–H and O–H groups in total. The Morgan fingerprint density at radius 3 is 1.96 bits per heavy atom. The minimum atomic E-state index is -1.35. The molecule has 1 aromatic rings. The maximum Gasteiger partial charge on any atom is 0.251 e. The van der Waals surface area contributed by atoms with E-state index in [0.717, 1.165) is 30.2 Å². The van der Waals surface area contributed by atoms with Crippen LogP contribution in [0.15, 0.2) is 6.07 Å². The molecule has 0 atom stereocenters. The fourth-order valence-electron chi connectivity index (χ4n) is 5.03. The molecular weight excluding hydrogens is 323 g/mol. The van der Waals surface area contributed by atoms with Crippen LogP contribution in [0.3, 0.4) is 0 Å². The first-order valence-corrected chi connectivity index (χ1v) is 10.1. The second kappa shape index (κ2) is 8.55. The Kier molecular flexibility index (Phi) is 6.40. The van der Waals surface area contributed by atoms with Gasteiger partial charge in [-0.3, -0.25) is 0 Å². The molecule has 0 spiro atoms. The van der Waals surface area contributed by atoms with Gasteiger partial charge < -0.3 is 0 Å². The van der Waals surface area contributed by atoms with Crippen molar-refractivity contribution in [3.05, 3.63) is 29.3 Å². The normalized spacial score (nSPS) is 30.4. The summed E-state index contributed by atoms with van der Waals surface area (Å²) in [5, 5.41) is 0. The zero-order valence-electron chi connectivity index (χ0n) is 15.2. The maximum absolute atomic E-state index is 13.6. The van der Waals surface area contributed by atoms with Crippen LogP contribution in [0, 0.1) is 41.4 Å². The van der Waals surface area contributed by atoms with Crippen molar-refractivity contribution in [2.24, 2.45) is 23.7 Å². The molecule has 3 rings (SSSR count). The van der Waals surface area contributed by atoms with Gasteiger partial charge in [-0.1, -0.05) is 39.0 Å². The van der Waals surface area contributed by atoms with E-state index >= 15 is 0 Å². The van der Waals surface area contributed by atoms with E-state index in [2.05, 4.69) is 11.9 Å². The largest absolute Gasteiger partial charge is 0.251 e. The van der Waals surface area contributed by atoms with Gasteiger partial charge in [-0.15, -0.1) is 0 Å². The highest BCUT2D eigenvalue weighted by molar-refractivity contribution is 5.13. The first kappa shape index (κ1) is 18.7. The Balaban J connectivity index is 1.43. The minimum absolute atomic E-state index is 0.207. The molecule has 1 aromatic heterocycles. The van der Waals surface area contributed by atoms with Crippen molar-refractivity contribution in [2.75, 3.05) is 0 Å². The van der Waals surface area contributed by atoms with Gasteiger partial charge in [0, 0.05) is 5.56 Å². The van der Waals surface area contributed by atoms with Crippen molar-refractivity contribution in [3.63, 3.8) is 0 Å². The van der Waals surface area contributed by atoms with Crippen LogP contribution in [-0.2, 0) is 6.42 Å². The molecule has 0 amide bonds. The molecule has 2 aliphatic carbocycles. The summed E-state index contributed by atoms with van der Waals surface area (Å²) in [7, 11) is 0. The third-order valence-electron chi connectivity index (χ3n) is 6.81. The lowest BCUT2D eigenvalue weighted by molar-refractivity contribution is 0.142. The molecule has 2 aliphatic rings. The van der Waals surface area contributed by atoms with Gasteiger partial charge in [-0.2, -0.15) is 13.8 Å². The molecule has 2 fully saturated rings. The molecule has 0 bridgehead atoms. The monoisotopic (exact) mass is 353 g/mol. The first-order valence-electron chi connectivity index (χ1n) is 10.1. The summed E-state index contributed by atoms with van der Waals surface area (Å²) in [6.07, 6.45) is 13.2. The Bertz CT molecular complexity index is 559. The minimum Gasteiger partial charge on any atom is -0.202 e.